The summed E-state index contributed by atoms with van der Waals surface area (Å²) in [6.07, 6.45) is 7.96. The minimum absolute atomic E-state index is 0.00284. The highest BCUT2D eigenvalue weighted by Crippen LogP contribution is 2.38. The summed E-state index contributed by atoms with van der Waals surface area (Å²) in [5.74, 6) is 0.883. The van der Waals surface area contributed by atoms with Crippen LogP contribution in [0.25, 0.3) is 5.65 Å². The first-order valence-electron chi connectivity index (χ1n) is 8.16. The van der Waals surface area contributed by atoms with Crippen molar-refractivity contribution in [3.63, 3.8) is 0 Å². The Bertz CT molecular complexity index is 644. The Morgan fingerprint density at radius 3 is 2.82 bits per heavy atom. The Hall–Kier alpha value is -1.91. The average Bonchev–Trinajstić information content (AvgIpc) is 3.03. The third-order valence-electron chi connectivity index (χ3n) is 4.88. The van der Waals surface area contributed by atoms with E-state index < -0.39 is 0 Å². The lowest BCUT2D eigenvalue weighted by molar-refractivity contribution is -0.149. The number of hydrogen-bond donors (Lipinski definition) is 0. The lowest BCUT2D eigenvalue weighted by Gasteiger charge is -2.31. The molecule has 0 N–H and O–H groups in total. The summed E-state index contributed by atoms with van der Waals surface area (Å²) in [6.45, 7) is 4.33. The first-order chi connectivity index (χ1) is 10.7. The number of esters is 1. The molecule has 1 fully saturated rings. The van der Waals surface area contributed by atoms with Crippen molar-refractivity contribution in [2.24, 2.45) is 11.8 Å². The fourth-order valence-corrected chi connectivity index (χ4v) is 3.54. The van der Waals surface area contributed by atoms with Crippen molar-refractivity contribution in [1.29, 1.82) is 0 Å². The summed E-state index contributed by atoms with van der Waals surface area (Å²) >= 11 is 0. The summed E-state index contributed by atoms with van der Waals surface area (Å²) in [4.78, 5) is 16.2. The molecule has 0 bridgehead atoms. The molecule has 2 aromatic rings. The van der Waals surface area contributed by atoms with Crippen LogP contribution < -0.4 is 0 Å². The van der Waals surface area contributed by atoms with E-state index in [2.05, 4.69) is 16.1 Å². The number of rotatable bonds is 4. The van der Waals surface area contributed by atoms with Crippen molar-refractivity contribution in [3.05, 3.63) is 30.2 Å². The van der Waals surface area contributed by atoms with E-state index in [4.69, 9.17) is 4.74 Å². The van der Waals surface area contributed by atoms with Crippen LogP contribution in [0.4, 0.5) is 0 Å². The van der Waals surface area contributed by atoms with Crippen LogP contribution in [0.1, 0.15) is 51.1 Å². The minimum Gasteiger partial charge on any atom is -0.466 e. The zero-order valence-corrected chi connectivity index (χ0v) is 13.2. The summed E-state index contributed by atoms with van der Waals surface area (Å²) in [7, 11) is 0. The lowest BCUT2D eigenvalue weighted by atomic mass is 9.75. The summed E-state index contributed by atoms with van der Waals surface area (Å²) in [5, 5.41) is 4.38. The summed E-state index contributed by atoms with van der Waals surface area (Å²) in [5.41, 5.74) is 2.14. The molecule has 3 rings (SSSR count). The van der Waals surface area contributed by atoms with Crippen LogP contribution in [0, 0.1) is 11.8 Å². The van der Waals surface area contributed by atoms with Gasteiger partial charge < -0.3 is 4.74 Å². The first-order valence-corrected chi connectivity index (χ1v) is 8.16. The number of carbonyl (C=O) groups excluding carboxylic acids is 1. The number of fused-ring (bicyclic) bond motifs is 1. The lowest BCUT2D eigenvalue weighted by Crippen LogP contribution is -2.27. The zero-order chi connectivity index (χ0) is 15.5. The molecular weight excluding hydrogens is 278 g/mol. The van der Waals surface area contributed by atoms with Gasteiger partial charge in [0.2, 0.25) is 0 Å². The molecule has 0 aromatic carbocycles. The molecule has 2 heterocycles. The van der Waals surface area contributed by atoms with Gasteiger partial charge in [0, 0.05) is 23.9 Å². The molecule has 1 saturated carbocycles. The van der Waals surface area contributed by atoms with E-state index in [1.165, 1.54) is 5.69 Å². The van der Waals surface area contributed by atoms with Crippen molar-refractivity contribution in [2.75, 3.05) is 6.61 Å². The normalized spacial score (nSPS) is 23.4. The van der Waals surface area contributed by atoms with Gasteiger partial charge in [0.1, 0.15) is 0 Å². The maximum Gasteiger partial charge on any atom is 0.308 e. The third-order valence-corrected chi connectivity index (χ3v) is 4.88. The molecule has 5 heteroatoms. The third kappa shape index (κ3) is 2.85. The van der Waals surface area contributed by atoms with Crippen LogP contribution in [0.3, 0.4) is 0 Å². The van der Waals surface area contributed by atoms with Gasteiger partial charge in [0.05, 0.1) is 18.7 Å². The molecule has 1 aliphatic rings. The number of nitrogens with zero attached hydrogens (tertiary/aromatic N) is 3. The predicted octanol–water partition coefficient (Wildman–Crippen LogP) is 3.20. The average molecular weight is 301 g/mol. The van der Waals surface area contributed by atoms with Crippen molar-refractivity contribution >= 4 is 11.6 Å². The van der Waals surface area contributed by atoms with Crippen molar-refractivity contribution in [1.82, 2.24) is 14.6 Å². The second kappa shape index (κ2) is 6.46. The van der Waals surface area contributed by atoms with Crippen molar-refractivity contribution in [2.45, 2.75) is 45.4 Å². The molecule has 5 nitrogen and oxygen atoms in total. The van der Waals surface area contributed by atoms with Gasteiger partial charge in [-0.25, -0.2) is 9.50 Å². The number of aromatic nitrogens is 3. The van der Waals surface area contributed by atoms with Gasteiger partial charge in [0.25, 0.3) is 0 Å². The maximum atomic E-state index is 11.9. The monoisotopic (exact) mass is 301 g/mol. The molecule has 1 unspecified atom stereocenters. The second-order valence-corrected chi connectivity index (χ2v) is 6.12. The Morgan fingerprint density at radius 1 is 1.32 bits per heavy atom. The molecule has 0 radical (unpaired) electrons. The van der Waals surface area contributed by atoms with Gasteiger partial charge in [-0.15, -0.1) is 0 Å². The van der Waals surface area contributed by atoms with Gasteiger partial charge >= 0.3 is 5.97 Å². The summed E-state index contributed by atoms with van der Waals surface area (Å²) < 4.78 is 7.10. The standard InChI is InChI=1S/C17H23N3O2/c1-3-22-17(21)12(2)13-4-6-14(7-5-13)15-8-10-18-16-9-11-19-20(15)16/h8-14H,3-7H2,1-2H3. The van der Waals surface area contributed by atoms with Crippen LogP contribution in [0.2, 0.25) is 0 Å². The number of hydrogen-bond acceptors (Lipinski definition) is 4. The highest BCUT2D eigenvalue weighted by molar-refractivity contribution is 5.72. The number of carbonyl (C=O) groups is 1. The molecule has 2 aromatic heterocycles. The Morgan fingerprint density at radius 2 is 2.09 bits per heavy atom. The Kier molecular flexibility index (Phi) is 4.41. The summed E-state index contributed by atoms with van der Waals surface area (Å²) in [6, 6.07) is 4.00. The maximum absolute atomic E-state index is 11.9. The van der Waals surface area contributed by atoms with Crippen molar-refractivity contribution < 1.29 is 9.53 Å². The molecule has 0 aliphatic heterocycles. The minimum atomic E-state index is -0.0515. The molecule has 1 aliphatic carbocycles. The highest BCUT2D eigenvalue weighted by Gasteiger charge is 2.31. The molecule has 118 valence electrons. The van der Waals surface area contributed by atoms with Crippen LogP contribution in [0.15, 0.2) is 24.5 Å². The largest absolute Gasteiger partial charge is 0.466 e. The quantitative estimate of drug-likeness (QED) is 0.814. The molecule has 0 amide bonds. The second-order valence-electron chi connectivity index (χ2n) is 6.12. The molecule has 22 heavy (non-hydrogen) atoms. The Balaban J connectivity index is 1.67. The molecule has 1 atom stereocenters. The SMILES string of the molecule is CCOC(=O)C(C)C1CCC(c2ccnc3ccnn23)CC1. The fourth-order valence-electron chi connectivity index (χ4n) is 3.54. The molecule has 0 spiro atoms. The van der Waals surface area contributed by atoms with E-state index in [1.807, 2.05) is 30.6 Å². The Labute approximate surface area is 130 Å². The van der Waals surface area contributed by atoms with E-state index in [-0.39, 0.29) is 11.9 Å². The van der Waals surface area contributed by atoms with E-state index in [9.17, 15) is 4.79 Å². The van der Waals surface area contributed by atoms with E-state index in [0.717, 1.165) is 31.3 Å². The van der Waals surface area contributed by atoms with Crippen LogP contribution in [-0.2, 0) is 9.53 Å². The molecule has 0 saturated heterocycles. The van der Waals surface area contributed by atoms with E-state index in [1.54, 1.807) is 6.20 Å². The van der Waals surface area contributed by atoms with E-state index >= 15 is 0 Å². The van der Waals surface area contributed by atoms with Gasteiger partial charge in [-0.2, -0.15) is 5.10 Å². The highest BCUT2D eigenvalue weighted by atomic mass is 16.5. The van der Waals surface area contributed by atoms with Crippen LogP contribution >= 0.6 is 0 Å². The van der Waals surface area contributed by atoms with Crippen LogP contribution in [0.5, 0.6) is 0 Å². The fraction of sp³-hybridized carbons (Fsp3) is 0.588. The zero-order valence-electron chi connectivity index (χ0n) is 13.2. The van der Waals surface area contributed by atoms with Gasteiger partial charge in [-0.3, -0.25) is 4.79 Å². The van der Waals surface area contributed by atoms with Crippen molar-refractivity contribution in [3.8, 4) is 0 Å². The molecular formula is C17H23N3O2. The smallest absolute Gasteiger partial charge is 0.308 e. The van der Waals surface area contributed by atoms with Gasteiger partial charge in [-0.1, -0.05) is 6.92 Å². The van der Waals surface area contributed by atoms with Gasteiger partial charge in [-0.05, 0) is 44.6 Å². The van der Waals surface area contributed by atoms with Gasteiger partial charge in [0.15, 0.2) is 5.65 Å². The predicted molar refractivity (Wildman–Crippen MR) is 83.5 cm³/mol. The van der Waals surface area contributed by atoms with E-state index in [0.29, 0.717) is 18.4 Å². The first kappa shape index (κ1) is 15.0. The number of ether oxygens (including phenoxy) is 1. The van der Waals surface area contributed by atoms with Crippen LogP contribution in [-0.4, -0.2) is 27.2 Å². The topological polar surface area (TPSA) is 56.5 Å².